The maximum Gasteiger partial charge on any atom is 0.135 e. The molecule has 0 amide bonds. The molecule has 0 aliphatic rings. The second kappa shape index (κ2) is 37.4. The fourth-order valence-electron chi connectivity index (χ4n) is 20.8. The summed E-state index contributed by atoms with van der Waals surface area (Å²) in [4.78, 5) is 0. The Balaban J connectivity index is 0.0000000995. The van der Waals surface area contributed by atoms with Gasteiger partial charge in [0.1, 0.15) is 33.5 Å². The van der Waals surface area contributed by atoms with Crippen LogP contribution >= 0.6 is 0 Å². The van der Waals surface area contributed by atoms with E-state index in [1.54, 1.807) is 0 Å². The van der Waals surface area contributed by atoms with Crippen LogP contribution in [0.3, 0.4) is 0 Å². The van der Waals surface area contributed by atoms with Crippen LogP contribution in [-0.4, -0.2) is 13.7 Å². The van der Waals surface area contributed by atoms with Gasteiger partial charge in [-0.25, -0.2) is 0 Å². The highest BCUT2D eigenvalue weighted by Gasteiger charge is 2.21. The van der Waals surface area contributed by atoms with Gasteiger partial charge in [0.15, 0.2) is 0 Å². The number of para-hydroxylation sites is 3. The number of hydrogen-bond acceptors (Lipinski definition) is 3. The molecule has 27 rings (SSSR count). The molecule has 0 aliphatic heterocycles. The number of hydrogen-bond donors (Lipinski definition) is 0. The third kappa shape index (κ3) is 17.4. The molecule has 0 bridgehead atoms. The lowest BCUT2D eigenvalue weighted by Gasteiger charge is -2.09. The molecule has 6 nitrogen and oxygen atoms in total. The van der Waals surface area contributed by atoms with Gasteiger partial charge in [-0.3, -0.25) is 0 Å². The SMILES string of the molecule is Cc1ccc2oc3ccc(-c4cccc(-c5ccc6oc7ccc(C)cc7c6c5)c4)cc3c2c1.Cc1cccc(-c2ccc3c(c2)c2cc(-c4cccc(C)c4)ccc2n3-c2ccccc2)c1.Cc1cccc(-c2ccc3c(c2)c2cc(C)ccc2n3-c2ccccc2)c1.Cc1cccc(-c2ccc3oc4ccc(-c5cccc(C)c5)cc4c3c2)c1.Cc1cccc(-n2c3ccccc3c3cc(C)ccc32)c1. The van der Waals surface area contributed by atoms with Crippen LogP contribution in [0.1, 0.15) is 55.6 Å². The van der Waals surface area contributed by atoms with Crippen molar-refractivity contribution in [3.8, 4) is 95.0 Å². The average molecular weight is 1830 g/mol. The maximum absolute atomic E-state index is 6.08. The summed E-state index contributed by atoms with van der Waals surface area (Å²) in [6, 6.07) is 163. The van der Waals surface area contributed by atoms with Crippen molar-refractivity contribution >= 4 is 131 Å². The minimum atomic E-state index is 0.924. The van der Waals surface area contributed by atoms with Gasteiger partial charge < -0.3 is 27.0 Å². The predicted octanol–water partition coefficient (Wildman–Crippen LogP) is 38.2. The Kier molecular flexibility index (Phi) is 23.3. The molecule has 6 heteroatoms. The summed E-state index contributed by atoms with van der Waals surface area (Å²) in [7, 11) is 0. The average Bonchev–Trinajstić information content (AvgIpc) is 1.58. The van der Waals surface area contributed by atoms with Crippen LogP contribution in [0, 0.1) is 69.2 Å². The Hall–Kier alpha value is -17.6. The Labute approximate surface area is 827 Å². The first kappa shape index (κ1) is 88.4. The van der Waals surface area contributed by atoms with Gasteiger partial charge in [0.25, 0.3) is 0 Å². The minimum Gasteiger partial charge on any atom is -0.456 e. The molecular formula is C136H105N3O3. The third-order valence-electron chi connectivity index (χ3n) is 27.8. The van der Waals surface area contributed by atoms with E-state index in [4.69, 9.17) is 13.3 Å². The van der Waals surface area contributed by atoms with Crippen molar-refractivity contribution in [1.82, 2.24) is 13.7 Å². The van der Waals surface area contributed by atoms with Gasteiger partial charge in [-0.2, -0.15) is 0 Å². The fourth-order valence-corrected chi connectivity index (χ4v) is 20.8. The number of benzene rings is 21. The van der Waals surface area contributed by atoms with Crippen LogP contribution in [0.5, 0.6) is 0 Å². The lowest BCUT2D eigenvalue weighted by atomic mass is 9.97. The quantitative estimate of drug-likeness (QED) is 0.137. The van der Waals surface area contributed by atoms with E-state index in [9.17, 15) is 0 Å². The van der Waals surface area contributed by atoms with Gasteiger partial charge in [0, 0.05) is 81.7 Å². The number of rotatable bonds is 10. The Morgan fingerprint density at radius 1 is 0.120 bits per heavy atom. The Morgan fingerprint density at radius 2 is 0.317 bits per heavy atom. The summed E-state index contributed by atoms with van der Waals surface area (Å²) in [6.07, 6.45) is 0. The zero-order valence-electron chi connectivity index (χ0n) is 81.4. The monoisotopic (exact) mass is 1830 g/mol. The smallest absolute Gasteiger partial charge is 0.135 e. The lowest BCUT2D eigenvalue weighted by molar-refractivity contribution is 0.668. The summed E-state index contributed by atoms with van der Waals surface area (Å²) in [5.74, 6) is 0. The molecule has 0 N–H and O–H groups in total. The number of aryl methyl sites for hydroxylation is 10. The molecule has 0 unspecified atom stereocenters. The van der Waals surface area contributed by atoms with E-state index >= 15 is 0 Å². The van der Waals surface area contributed by atoms with Crippen molar-refractivity contribution in [2.45, 2.75) is 69.2 Å². The first-order chi connectivity index (χ1) is 69.4. The van der Waals surface area contributed by atoms with Gasteiger partial charge >= 0.3 is 0 Å². The van der Waals surface area contributed by atoms with Crippen molar-refractivity contribution < 1.29 is 13.3 Å². The minimum absolute atomic E-state index is 0.924. The highest BCUT2D eigenvalue weighted by Crippen LogP contribution is 2.44. The lowest BCUT2D eigenvalue weighted by Crippen LogP contribution is -1.93. The molecule has 0 saturated carbocycles. The summed E-state index contributed by atoms with van der Waals surface area (Å²) >= 11 is 0. The molecule has 0 saturated heterocycles. The molecule has 6 heterocycles. The van der Waals surface area contributed by atoms with Crippen LogP contribution in [0.15, 0.2) is 468 Å². The summed E-state index contributed by atoms with van der Waals surface area (Å²) < 4.78 is 25.3. The van der Waals surface area contributed by atoms with Gasteiger partial charge in [-0.15, -0.1) is 0 Å². The highest BCUT2D eigenvalue weighted by molar-refractivity contribution is 6.15. The third-order valence-corrected chi connectivity index (χ3v) is 27.8. The van der Waals surface area contributed by atoms with Gasteiger partial charge in [-0.1, -0.05) is 323 Å². The fraction of sp³-hybridized carbons (Fsp3) is 0.0735. The Morgan fingerprint density at radius 3 is 0.641 bits per heavy atom. The zero-order valence-corrected chi connectivity index (χ0v) is 81.4. The molecule has 6 aromatic heterocycles. The molecule has 0 radical (unpaired) electrons. The van der Waals surface area contributed by atoms with E-state index in [-0.39, 0.29) is 0 Å². The summed E-state index contributed by atoms with van der Waals surface area (Å²) in [5, 5.41) is 14.8. The van der Waals surface area contributed by atoms with Crippen molar-refractivity contribution in [3.63, 3.8) is 0 Å². The van der Waals surface area contributed by atoms with Gasteiger partial charge in [-0.05, 0) is 335 Å². The Bertz CT molecular complexity index is 9220. The molecule has 27 aromatic rings. The number of aromatic nitrogens is 3. The van der Waals surface area contributed by atoms with E-state index in [1.165, 1.54) is 238 Å². The van der Waals surface area contributed by atoms with E-state index in [0.29, 0.717) is 0 Å². The first-order valence-corrected chi connectivity index (χ1v) is 49.0. The number of furan rings is 3. The van der Waals surface area contributed by atoms with Gasteiger partial charge in [0.2, 0.25) is 0 Å². The number of fused-ring (bicyclic) bond motifs is 18. The summed E-state index contributed by atoms with van der Waals surface area (Å²) in [5.41, 5.74) is 46.6. The topological polar surface area (TPSA) is 54.2 Å². The molecular weight excluding hydrogens is 1720 g/mol. The second-order valence-corrected chi connectivity index (χ2v) is 38.3. The van der Waals surface area contributed by atoms with Gasteiger partial charge in [0.05, 0.1) is 33.1 Å². The standard InChI is InChI=1S/C32H25N.C32H22O2.C26H21N.C26H20O.C20H17N/c1-22-8-6-10-24(18-22)26-14-16-31-29(20-26)30-21-27(25-11-7-9-23(2)19-25)15-17-32(30)33(31)28-12-4-3-5-13-28;1-19-6-10-29-25(14-19)27-17-23(8-12-31(27)33-29)21-4-3-5-22(16-21)24-9-13-32-28(18-24)26-15-20(2)7-11-30(26)34-32;1-18-7-6-8-20(15-18)21-12-14-26-24(17-21)23-16-19(2)11-13-25(23)27(26)22-9-4-3-5-10-22;1-17-5-3-7-19(13-17)21-9-11-25-23(15-21)24-16-22(10-12-26(24)27-25)20-8-4-6-18(2)14-20;1-14-6-5-7-16(12-14)21-19-9-4-3-8-17(19)18-13-15(2)10-11-20(18)21/h3-21H,1-2H3;3-18H,1-2H3;3-17H,1-2H3;3-16H,1-2H3;3-13H,1-2H3. The first-order valence-electron chi connectivity index (χ1n) is 49.0. The van der Waals surface area contributed by atoms with Crippen LogP contribution in [0.4, 0.5) is 0 Å². The van der Waals surface area contributed by atoms with E-state index in [0.717, 1.165) is 44.3 Å². The van der Waals surface area contributed by atoms with Crippen molar-refractivity contribution in [2.75, 3.05) is 0 Å². The number of nitrogens with zero attached hydrogens (tertiary/aromatic N) is 3. The van der Waals surface area contributed by atoms with Crippen molar-refractivity contribution in [2.24, 2.45) is 0 Å². The maximum atomic E-state index is 6.08. The molecule has 0 fully saturated rings. The zero-order chi connectivity index (χ0) is 96.3. The second-order valence-electron chi connectivity index (χ2n) is 38.3. The molecule has 21 aromatic carbocycles. The summed E-state index contributed by atoms with van der Waals surface area (Å²) in [6.45, 7) is 21.4. The van der Waals surface area contributed by atoms with Crippen LogP contribution in [-0.2, 0) is 0 Å². The molecule has 0 atom stereocenters. The highest BCUT2D eigenvalue weighted by atomic mass is 16.3. The van der Waals surface area contributed by atoms with Crippen molar-refractivity contribution in [3.05, 3.63) is 511 Å². The molecule has 682 valence electrons. The largest absolute Gasteiger partial charge is 0.456 e. The van der Waals surface area contributed by atoms with E-state index in [2.05, 4.69) is 538 Å². The van der Waals surface area contributed by atoms with Crippen LogP contribution in [0.25, 0.3) is 226 Å². The normalized spacial score (nSPS) is 11.5. The predicted molar refractivity (Wildman–Crippen MR) is 602 cm³/mol. The van der Waals surface area contributed by atoms with Crippen molar-refractivity contribution in [1.29, 1.82) is 0 Å². The molecule has 142 heavy (non-hydrogen) atoms. The van der Waals surface area contributed by atoms with Crippen LogP contribution < -0.4 is 0 Å². The van der Waals surface area contributed by atoms with E-state index in [1.807, 2.05) is 0 Å². The molecule has 0 spiro atoms. The molecule has 0 aliphatic carbocycles. The van der Waals surface area contributed by atoms with E-state index < -0.39 is 0 Å². The van der Waals surface area contributed by atoms with Crippen LogP contribution in [0.2, 0.25) is 0 Å².